The van der Waals surface area contributed by atoms with Crippen LogP contribution in [0.25, 0.3) is 27.7 Å². The van der Waals surface area contributed by atoms with E-state index < -0.39 is 24.0 Å². The number of rotatable bonds is 7. The second kappa shape index (κ2) is 10.9. The van der Waals surface area contributed by atoms with Crippen molar-refractivity contribution >= 4 is 23.0 Å². The van der Waals surface area contributed by atoms with Gasteiger partial charge in [-0.1, -0.05) is 91.3 Å². The zero-order chi connectivity index (χ0) is 29.5. The molecule has 2 atom stereocenters. The SMILES string of the molecule is Cc1cc(C)c(-n2cc(C(C)C(NC(=O)OCC3c4ccccc4-c4ccccc43)C(=O)O)c3ccccc32)c(C)c1. The number of nitrogens with one attached hydrogen (secondary N) is 1. The molecule has 0 saturated heterocycles. The van der Waals surface area contributed by atoms with E-state index in [-0.39, 0.29) is 12.5 Å². The molecule has 2 unspecified atom stereocenters. The third-order valence-corrected chi connectivity index (χ3v) is 8.49. The van der Waals surface area contributed by atoms with E-state index in [9.17, 15) is 14.7 Å². The van der Waals surface area contributed by atoms with E-state index in [0.717, 1.165) is 55.5 Å². The zero-order valence-corrected chi connectivity index (χ0v) is 24.2. The number of ether oxygens (including phenoxy) is 1. The number of amides is 1. The van der Waals surface area contributed by atoms with E-state index in [2.05, 4.69) is 67.1 Å². The van der Waals surface area contributed by atoms with Gasteiger partial charge in [0.1, 0.15) is 12.6 Å². The van der Waals surface area contributed by atoms with E-state index >= 15 is 0 Å². The van der Waals surface area contributed by atoms with Crippen LogP contribution in [0.3, 0.4) is 0 Å². The van der Waals surface area contributed by atoms with Crippen molar-refractivity contribution in [2.45, 2.75) is 45.6 Å². The molecule has 1 amide bonds. The number of hydrogen-bond donors (Lipinski definition) is 2. The van der Waals surface area contributed by atoms with Crippen molar-refractivity contribution in [1.29, 1.82) is 0 Å². The van der Waals surface area contributed by atoms with Crippen LogP contribution in [0.15, 0.2) is 91.1 Å². The maximum Gasteiger partial charge on any atom is 0.407 e. The molecule has 4 aromatic carbocycles. The van der Waals surface area contributed by atoms with Crippen molar-refractivity contribution in [3.63, 3.8) is 0 Å². The number of para-hydroxylation sites is 1. The van der Waals surface area contributed by atoms with Gasteiger partial charge in [-0.25, -0.2) is 9.59 Å². The van der Waals surface area contributed by atoms with E-state index in [1.165, 1.54) is 5.56 Å². The van der Waals surface area contributed by atoms with Crippen molar-refractivity contribution in [2.75, 3.05) is 6.61 Å². The Morgan fingerprint density at radius 3 is 2.07 bits per heavy atom. The number of aliphatic carboxylic acids is 1. The summed E-state index contributed by atoms with van der Waals surface area (Å²) in [7, 11) is 0. The molecule has 6 heteroatoms. The fraction of sp³-hybridized carbons (Fsp3) is 0.222. The number of carboxylic acids is 1. The van der Waals surface area contributed by atoms with Gasteiger partial charge in [-0.3, -0.25) is 0 Å². The zero-order valence-electron chi connectivity index (χ0n) is 24.2. The molecule has 5 aromatic rings. The van der Waals surface area contributed by atoms with E-state index in [4.69, 9.17) is 4.74 Å². The van der Waals surface area contributed by atoms with Gasteiger partial charge < -0.3 is 19.7 Å². The Bertz CT molecular complexity index is 1770. The lowest BCUT2D eigenvalue weighted by Gasteiger charge is -2.22. The average Bonchev–Trinajstić information content (AvgIpc) is 3.50. The van der Waals surface area contributed by atoms with E-state index in [0.29, 0.717) is 0 Å². The van der Waals surface area contributed by atoms with Crippen LogP contribution in [0.2, 0.25) is 0 Å². The summed E-state index contributed by atoms with van der Waals surface area (Å²) < 4.78 is 7.83. The predicted molar refractivity (Wildman–Crippen MR) is 166 cm³/mol. The molecule has 42 heavy (non-hydrogen) atoms. The average molecular weight is 559 g/mol. The van der Waals surface area contributed by atoms with Crippen LogP contribution in [-0.2, 0) is 9.53 Å². The highest BCUT2D eigenvalue weighted by Gasteiger charge is 2.33. The van der Waals surface area contributed by atoms with Gasteiger partial charge in [0, 0.05) is 23.4 Å². The highest BCUT2D eigenvalue weighted by Crippen LogP contribution is 2.44. The predicted octanol–water partition coefficient (Wildman–Crippen LogP) is 7.65. The minimum Gasteiger partial charge on any atom is -0.480 e. The molecule has 0 fully saturated rings. The van der Waals surface area contributed by atoms with Crippen LogP contribution < -0.4 is 5.32 Å². The minimum atomic E-state index is -1.18. The lowest BCUT2D eigenvalue weighted by atomic mass is 9.93. The highest BCUT2D eigenvalue weighted by molar-refractivity contribution is 5.89. The molecule has 6 rings (SSSR count). The molecule has 0 aliphatic heterocycles. The highest BCUT2D eigenvalue weighted by atomic mass is 16.5. The van der Waals surface area contributed by atoms with Crippen molar-refractivity contribution < 1.29 is 19.4 Å². The summed E-state index contributed by atoms with van der Waals surface area (Å²) in [5.41, 5.74) is 10.8. The van der Waals surface area contributed by atoms with Crippen LogP contribution in [-0.4, -0.2) is 34.4 Å². The number of carbonyl (C=O) groups is 2. The van der Waals surface area contributed by atoms with Gasteiger partial charge in [0.2, 0.25) is 0 Å². The molecule has 0 bridgehead atoms. The Kier molecular flexibility index (Phi) is 7.07. The lowest BCUT2D eigenvalue weighted by molar-refractivity contribution is -0.139. The van der Waals surface area contributed by atoms with Crippen molar-refractivity contribution in [1.82, 2.24) is 9.88 Å². The molecule has 6 nitrogen and oxygen atoms in total. The molecule has 1 aliphatic rings. The van der Waals surface area contributed by atoms with Gasteiger partial charge in [0.15, 0.2) is 0 Å². The molecular weight excluding hydrogens is 524 g/mol. The third kappa shape index (κ3) is 4.73. The number of alkyl carbamates (subject to hydrolysis) is 1. The molecule has 1 aromatic heterocycles. The number of fused-ring (bicyclic) bond motifs is 4. The first-order valence-corrected chi connectivity index (χ1v) is 14.3. The normalized spacial score (nSPS) is 13.8. The van der Waals surface area contributed by atoms with Gasteiger partial charge in [-0.15, -0.1) is 0 Å². The van der Waals surface area contributed by atoms with Crippen LogP contribution in [0.4, 0.5) is 4.79 Å². The van der Waals surface area contributed by atoms with E-state index in [1.54, 1.807) is 0 Å². The number of carboxylic acid groups (broad SMARTS) is 1. The van der Waals surface area contributed by atoms with Gasteiger partial charge in [0.05, 0.1) is 11.2 Å². The summed E-state index contributed by atoms with van der Waals surface area (Å²) in [5.74, 6) is -1.75. The molecule has 1 aliphatic carbocycles. The Morgan fingerprint density at radius 2 is 1.45 bits per heavy atom. The Morgan fingerprint density at radius 1 is 0.881 bits per heavy atom. The first-order chi connectivity index (χ1) is 20.2. The fourth-order valence-corrected chi connectivity index (χ4v) is 6.65. The first-order valence-electron chi connectivity index (χ1n) is 14.3. The number of nitrogens with zero attached hydrogens (tertiary/aromatic N) is 1. The van der Waals surface area contributed by atoms with Crippen LogP contribution in [0, 0.1) is 20.8 Å². The molecule has 0 saturated carbocycles. The smallest absolute Gasteiger partial charge is 0.407 e. The van der Waals surface area contributed by atoms with Gasteiger partial charge >= 0.3 is 12.1 Å². The summed E-state index contributed by atoms with van der Waals surface area (Å²) in [5, 5.41) is 13.8. The van der Waals surface area contributed by atoms with Crippen LogP contribution in [0.5, 0.6) is 0 Å². The summed E-state index contributed by atoms with van der Waals surface area (Å²) in [4.78, 5) is 25.6. The Balaban J connectivity index is 1.26. The van der Waals surface area contributed by atoms with Crippen molar-refractivity contribution in [2.24, 2.45) is 0 Å². The molecule has 0 spiro atoms. The monoisotopic (exact) mass is 558 g/mol. The van der Waals surface area contributed by atoms with Gasteiger partial charge in [0.25, 0.3) is 0 Å². The number of hydrogen-bond acceptors (Lipinski definition) is 3. The summed E-state index contributed by atoms with van der Waals surface area (Å²) >= 11 is 0. The Hall–Kier alpha value is -4.84. The lowest BCUT2D eigenvalue weighted by Crippen LogP contribution is -2.44. The van der Waals surface area contributed by atoms with Crippen LogP contribution in [0.1, 0.15) is 52.1 Å². The largest absolute Gasteiger partial charge is 0.480 e. The molecule has 0 radical (unpaired) electrons. The molecular formula is C36H34N2O4. The summed E-state index contributed by atoms with van der Waals surface area (Å²) in [6, 6.07) is 27.3. The maximum absolute atomic E-state index is 13.1. The standard InChI is InChI=1S/C36H34N2O4/c1-21-17-22(2)34(23(3)18-21)38-19-30(29-15-9-10-16-32(29)38)24(4)33(35(39)40)37-36(41)42-20-31-27-13-7-5-11-25(27)26-12-6-8-14-28(26)31/h5-19,24,31,33H,20H2,1-4H3,(H,37,41)(H,39,40). The Labute approximate surface area is 245 Å². The molecule has 2 N–H and O–H groups in total. The van der Waals surface area contributed by atoms with Crippen molar-refractivity contribution in [3.8, 4) is 16.8 Å². The van der Waals surface area contributed by atoms with Gasteiger partial charge in [-0.05, 0) is 65.8 Å². The third-order valence-electron chi connectivity index (χ3n) is 8.49. The molecule has 212 valence electrons. The van der Waals surface area contributed by atoms with E-state index in [1.807, 2.05) is 61.7 Å². The number of benzene rings is 4. The molecule has 1 heterocycles. The quantitative estimate of drug-likeness (QED) is 0.215. The maximum atomic E-state index is 13.1. The second-order valence-corrected chi connectivity index (χ2v) is 11.3. The number of aromatic nitrogens is 1. The topological polar surface area (TPSA) is 80.6 Å². The first kappa shape index (κ1) is 27.3. The fourth-order valence-electron chi connectivity index (χ4n) is 6.65. The second-order valence-electron chi connectivity index (χ2n) is 11.3. The van der Waals surface area contributed by atoms with Crippen LogP contribution >= 0.6 is 0 Å². The summed E-state index contributed by atoms with van der Waals surface area (Å²) in [6.45, 7) is 8.21. The van der Waals surface area contributed by atoms with Crippen molar-refractivity contribution in [3.05, 3.63) is 125 Å². The summed E-state index contributed by atoms with van der Waals surface area (Å²) in [6.07, 6.45) is 1.26. The number of aryl methyl sites for hydroxylation is 3. The minimum absolute atomic E-state index is 0.109. The number of carbonyl (C=O) groups excluding carboxylic acids is 1. The van der Waals surface area contributed by atoms with Gasteiger partial charge in [-0.2, -0.15) is 0 Å².